The number of rotatable bonds is 6. The molecule has 128 valence electrons. The van der Waals surface area contributed by atoms with Crippen molar-refractivity contribution in [1.82, 2.24) is 9.97 Å². The average Bonchev–Trinajstić information content (AvgIpc) is 2.64. The summed E-state index contributed by atoms with van der Waals surface area (Å²) in [6.07, 6.45) is 1.73. The van der Waals surface area contributed by atoms with Crippen LogP contribution in [0, 0.1) is 0 Å². The molecule has 6 heteroatoms. The van der Waals surface area contributed by atoms with Crippen molar-refractivity contribution in [1.29, 1.82) is 0 Å². The van der Waals surface area contributed by atoms with E-state index in [-0.39, 0.29) is 0 Å². The Balaban J connectivity index is 1.81. The van der Waals surface area contributed by atoms with Gasteiger partial charge in [-0.2, -0.15) is 4.98 Å². The second-order valence-electron chi connectivity index (χ2n) is 5.49. The lowest BCUT2D eigenvalue weighted by Crippen LogP contribution is -2.23. The predicted octanol–water partition coefficient (Wildman–Crippen LogP) is 5.55. The summed E-state index contributed by atoms with van der Waals surface area (Å²) in [5.74, 6) is 1.33. The second-order valence-corrected chi connectivity index (χ2v) is 6.33. The van der Waals surface area contributed by atoms with Gasteiger partial charge in [0.1, 0.15) is 5.82 Å². The molecule has 0 amide bonds. The van der Waals surface area contributed by atoms with Gasteiger partial charge in [-0.05, 0) is 36.8 Å². The highest BCUT2D eigenvalue weighted by Gasteiger charge is 2.09. The maximum Gasteiger partial charge on any atom is 0.229 e. The topological polar surface area (TPSA) is 41.1 Å². The van der Waals surface area contributed by atoms with Gasteiger partial charge in [0.15, 0.2) is 0 Å². The molecule has 1 aromatic heterocycles. The van der Waals surface area contributed by atoms with Crippen LogP contribution in [-0.4, -0.2) is 16.5 Å². The molecule has 1 heterocycles. The molecule has 4 nitrogen and oxygen atoms in total. The fourth-order valence-corrected chi connectivity index (χ4v) is 2.79. The Labute approximate surface area is 157 Å². The first kappa shape index (κ1) is 17.5. The maximum atomic E-state index is 6.20. The molecule has 0 unspecified atom stereocenters. The molecule has 2 aromatic carbocycles. The molecule has 0 saturated carbocycles. The molecule has 0 fully saturated rings. The lowest BCUT2D eigenvalue weighted by atomic mass is 10.2. The van der Waals surface area contributed by atoms with Crippen LogP contribution >= 0.6 is 23.2 Å². The zero-order valence-corrected chi connectivity index (χ0v) is 15.3. The first-order valence-corrected chi connectivity index (χ1v) is 8.75. The summed E-state index contributed by atoms with van der Waals surface area (Å²) >= 11 is 12.2. The minimum atomic E-state index is 0.480. The SMILES string of the molecule is CCN(Cc1ccccc1)c1ccnc(Nc2cc(Cl)ccc2Cl)n1. The van der Waals surface area contributed by atoms with Crippen LogP contribution in [0.5, 0.6) is 0 Å². The van der Waals surface area contributed by atoms with Gasteiger partial charge in [-0.3, -0.25) is 0 Å². The molecule has 0 aliphatic heterocycles. The molecular formula is C19H18Cl2N4. The number of aromatic nitrogens is 2. The highest BCUT2D eigenvalue weighted by Crippen LogP contribution is 2.27. The third-order valence-electron chi connectivity index (χ3n) is 3.74. The minimum Gasteiger partial charge on any atom is -0.352 e. The van der Waals surface area contributed by atoms with Crippen LogP contribution in [0.25, 0.3) is 0 Å². The molecule has 0 bridgehead atoms. The normalized spacial score (nSPS) is 10.5. The maximum absolute atomic E-state index is 6.20. The zero-order chi connectivity index (χ0) is 17.6. The Bertz CT molecular complexity index is 840. The van der Waals surface area contributed by atoms with E-state index in [1.165, 1.54) is 5.56 Å². The Morgan fingerprint density at radius 2 is 1.84 bits per heavy atom. The monoisotopic (exact) mass is 372 g/mol. The van der Waals surface area contributed by atoms with Crippen LogP contribution in [0.15, 0.2) is 60.8 Å². The molecular weight excluding hydrogens is 355 g/mol. The van der Waals surface area contributed by atoms with E-state index in [4.69, 9.17) is 23.2 Å². The van der Waals surface area contributed by atoms with Gasteiger partial charge in [0, 0.05) is 24.3 Å². The van der Waals surface area contributed by atoms with Gasteiger partial charge in [0.05, 0.1) is 10.7 Å². The van der Waals surface area contributed by atoms with E-state index in [1.807, 2.05) is 24.3 Å². The lowest BCUT2D eigenvalue weighted by molar-refractivity contribution is 0.811. The van der Waals surface area contributed by atoms with Crippen molar-refractivity contribution in [2.24, 2.45) is 0 Å². The first-order valence-electron chi connectivity index (χ1n) is 7.99. The summed E-state index contributed by atoms with van der Waals surface area (Å²) in [4.78, 5) is 11.1. The third-order valence-corrected chi connectivity index (χ3v) is 4.30. The highest BCUT2D eigenvalue weighted by molar-refractivity contribution is 6.35. The van der Waals surface area contributed by atoms with Crippen molar-refractivity contribution in [3.63, 3.8) is 0 Å². The Kier molecular flexibility index (Phi) is 5.74. The van der Waals surface area contributed by atoms with Gasteiger partial charge >= 0.3 is 0 Å². The van der Waals surface area contributed by atoms with Crippen LogP contribution < -0.4 is 10.2 Å². The Morgan fingerprint density at radius 3 is 2.60 bits per heavy atom. The lowest BCUT2D eigenvalue weighted by Gasteiger charge is -2.22. The number of nitrogens with zero attached hydrogens (tertiary/aromatic N) is 3. The van der Waals surface area contributed by atoms with Crippen molar-refractivity contribution < 1.29 is 0 Å². The minimum absolute atomic E-state index is 0.480. The van der Waals surface area contributed by atoms with Crippen molar-refractivity contribution >= 4 is 40.7 Å². The number of nitrogens with one attached hydrogen (secondary N) is 1. The summed E-state index contributed by atoms with van der Waals surface area (Å²) in [7, 11) is 0. The van der Waals surface area contributed by atoms with Crippen molar-refractivity contribution in [3.8, 4) is 0 Å². The molecule has 0 saturated heterocycles. The summed E-state index contributed by atoms with van der Waals surface area (Å²) in [5.41, 5.74) is 1.91. The van der Waals surface area contributed by atoms with E-state index in [0.29, 0.717) is 21.7 Å². The van der Waals surface area contributed by atoms with Crippen LogP contribution in [0.1, 0.15) is 12.5 Å². The molecule has 3 aromatic rings. The summed E-state index contributed by atoms with van der Waals surface area (Å²) in [6.45, 7) is 3.72. The smallest absolute Gasteiger partial charge is 0.229 e. The quantitative estimate of drug-likeness (QED) is 0.615. The summed E-state index contributed by atoms with van der Waals surface area (Å²) < 4.78 is 0. The van der Waals surface area contributed by atoms with E-state index in [2.05, 4.69) is 39.2 Å². The van der Waals surface area contributed by atoms with Gasteiger partial charge in [-0.1, -0.05) is 53.5 Å². The van der Waals surface area contributed by atoms with Gasteiger partial charge in [-0.25, -0.2) is 4.98 Å². The molecule has 3 rings (SSSR count). The number of halogens is 2. The largest absolute Gasteiger partial charge is 0.352 e. The average molecular weight is 373 g/mol. The van der Waals surface area contributed by atoms with Crippen LogP contribution in [0.2, 0.25) is 10.0 Å². The number of benzene rings is 2. The molecule has 0 atom stereocenters. The van der Waals surface area contributed by atoms with Crippen LogP contribution in [0.3, 0.4) is 0 Å². The summed E-state index contributed by atoms with van der Waals surface area (Å²) in [6, 6.07) is 17.4. The Hall–Kier alpha value is -2.30. The zero-order valence-electron chi connectivity index (χ0n) is 13.8. The molecule has 0 spiro atoms. The molecule has 25 heavy (non-hydrogen) atoms. The summed E-state index contributed by atoms with van der Waals surface area (Å²) in [5, 5.41) is 4.30. The fourth-order valence-electron chi connectivity index (χ4n) is 2.46. The Morgan fingerprint density at radius 1 is 1.04 bits per heavy atom. The van der Waals surface area contributed by atoms with E-state index >= 15 is 0 Å². The number of hydrogen-bond acceptors (Lipinski definition) is 4. The van der Waals surface area contributed by atoms with E-state index < -0.39 is 0 Å². The van der Waals surface area contributed by atoms with Crippen molar-refractivity contribution in [2.45, 2.75) is 13.5 Å². The second kappa shape index (κ2) is 8.19. The molecule has 0 aliphatic rings. The van der Waals surface area contributed by atoms with Gasteiger partial charge in [-0.15, -0.1) is 0 Å². The van der Waals surface area contributed by atoms with Crippen molar-refractivity contribution in [2.75, 3.05) is 16.8 Å². The third kappa shape index (κ3) is 4.62. The number of anilines is 3. The van der Waals surface area contributed by atoms with E-state index in [9.17, 15) is 0 Å². The fraction of sp³-hybridized carbons (Fsp3) is 0.158. The molecule has 0 radical (unpaired) electrons. The molecule has 0 aliphatic carbocycles. The van der Waals surface area contributed by atoms with E-state index in [1.54, 1.807) is 24.4 Å². The first-order chi connectivity index (χ1) is 12.2. The van der Waals surface area contributed by atoms with Gasteiger partial charge in [0.2, 0.25) is 5.95 Å². The standard InChI is InChI=1S/C19H18Cl2N4/c1-2-25(13-14-6-4-3-5-7-14)18-10-11-22-19(24-18)23-17-12-15(20)8-9-16(17)21/h3-12H,2,13H2,1H3,(H,22,23,24). The van der Waals surface area contributed by atoms with Crippen molar-refractivity contribution in [3.05, 3.63) is 76.4 Å². The predicted molar refractivity (Wildman–Crippen MR) is 105 cm³/mol. The van der Waals surface area contributed by atoms with E-state index in [0.717, 1.165) is 18.9 Å². The van der Waals surface area contributed by atoms with Gasteiger partial charge in [0.25, 0.3) is 0 Å². The molecule has 1 N–H and O–H groups in total. The van der Waals surface area contributed by atoms with Crippen LogP contribution in [0.4, 0.5) is 17.5 Å². The number of hydrogen-bond donors (Lipinski definition) is 1. The highest BCUT2D eigenvalue weighted by atomic mass is 35.5. The van der Waals surface area contributed by atoms with Crippen LogP contribution in [-0.2, 0) is 6.54 Å². The van der Waals surface area contributed by atoms with Gasteiger partial charge < -0.3 is 10.2 Å².